The molecule has 1 aromatic carbocycles. The summed E-state index contributed by atoms with van der Waals surface area (Å²) in [5.74, 6) is -1.18. The van der Waals surface area contributed by atoms with Crippen molar-refractivity contribution in [2.75, 3.05) is 6.61 Å². The van der Waals surface area contributed by atoms with Crippen LogP contribution in [0.25, 0.3) is 0 Å². The van der Waals surface area contributed by atoms with E-state index in [1.165, 1.54) is 12.1 Å². The van der Waals surface area contributed by atoms with Gasteiger partial charge in [0.2, 0.25) is 0 Å². The fourth-order valence-electron chi connectivity index (χ4n) is 1.80. The summed E-state index contributed by atoms with van der Waals surface area (Å²) >= 11 is 0. The van der Waals surface area contributed by atoms with Gasteiger partial charge in [0.1, 0.15) is 12.4 Å². The minimum atomic E-state index is -4.74. The van der Waals surface area contributed by atoms with Crippen LogP contribution in [-0.4, -0.2) is 24.9 Å². The SMILES string of the molecule is CCCCOC(=O)CCCC(=O)OCc1ccc(OC(F)(F)F)cc1. The van der Waals surface area contributed by atoms with Gasteiger partial charge in [-0.1, -0.05) is 25.5 Å². The highest BCUT2D eigenvalue weighted by Crippen LogP contribution is 2.22. The van der Waals surface area contributed by atoms with E-state index in [1.807, 2.05) is 6.92 Å². The second kappa shape index (κ2) is 10.6. The largest absolute Gasteiger partial charge is 0.573 e. The highest BCUT2D eigenvalue weighted by atomic mass is 19.4. The molecule has 0 aromatic heterocycles. The maximum absolute atomic E-state index is 12.0. The summed E-state index contributed by atoms with van der Waals surface area (Å²) in [6.45, 7) is 2.31. The summed E-state index contributed by atoms with van der Waals surface area (Å²) < 4.78 is 49.8. The first-order valence-corrected chi connectivity index (χ1v) is 7.96. The predicted molar refractivity (Wildman–Crippen MR) is 82.6 cm³/mol. The summed E-state index contributed by atoms with van der Waals surface area (Å²) in [5, 5.41) is 0. The van der Waals surface area contributed by atoms with Crippen LogP contribution in [-0.2, 0) is 25.7 Å². The van der Waals surface area contributed by atoms with E-state index in [4.69, 9.17) is 9.47 Å². The summed E-state index contributed by atoms with van der Waals surface area (Å²) in [7, 11) is 0. The van der Waals surface area contributed by atoms with Crippen molar-refractivity contribution in [2.45, 2.75) is 52.0 Å². The molecule has 0 radical (unpaired) electrons. The average molecular weight is 362 g/mol. The van der Waals surface area contributed by atoms with E-state index in [0.29, 0.717) is 18.6 Å². The Morgan fingerprint density at radius 2 is 1.56 bits per heavy atom. The Hall–Kier alpha value is -2.25. The molecule has 0 aliphatic rings. The quantitative estimate of drug-likeness (QED) is 0.462. The zero-order valence-corrected chi connectivity index (χ0v) is 13.9. The Morgan fingerprint density at radius 3 is 2.12 bits per heavy atom. The van der Waals surface area contributed by atoms with Crippen LogP contribution in [0, 0.1) is 0 Å². The molecule has 0 N–H and O–H groups in total. The second-order valence-electron chi connectivity index (χ2n) is 5.28. The summed E-state index contributed by atoms with van der Waals surface area (Å²) in [5.41, 5.74) is 0.529. The molecule has 0 aliphatic carbocycles. The molecule has 1 aromatic rings. The number of alkyl halides is 3. The van der Waals surface area contributed by atoms with E-state index in [-0.39, 0.29) is 31.2 Å². The van der Waals surface area contributed by atoms with Crippen LogP contribution >= 0.6 is 0 Å². The van der Waals surface area contributed by atoms with E-state index in [2.05, 4.69) is 4.74 Å². The number of esters is 2. The third-order valence-electron chi connectivity index (χ3n) is 3.08. The second-order valence-corrected chi connectivity index (χ2v) is 5.28. The third-order valence-corrected chi connectivity index (χ3v) is 3.08. The number of hydrogen-bond acceptors (Lipinski definition) is 5. The smallest absolute Gasteiger partial charge is 0.466 e. The van der Waals surface area contributed by atoms with Crippen molar-refractivity contribution in [1.29, 1.82) is 0 Å². The number of carbonyl (C=O) groups excluding carboxylic acids is 2. The molecule has 0 spiro atoms. The Labute approximate surface area is 144 Å². The number of unbranched alkanes of at least 4 members (excludes halogenated alkanes) is 1. The molecule has 0 unspecified atom stereocenters. The maximum atomic E-state index is 12.0. The summed E-state index contributed by atoms with van der Waals surface area (Å²) in [4.78, 5) is 22.9. The van der Waals surface area contributed by atoms with Gasteiger partial charge in [-0.05, 0) is 30.5 Å². The molecule has 0 atom stereocenters. The number of carbonyl (C=O) groups is 2. The van der Waals surface area contributed by atoms with Gasteiger partial charge in [-0.2, -0.15) is 0 Å². The lowest BCUT2D eigenvalue weighted by Crippen LogP contribution is -2.17. The van der Waals surface area contributed by atoms with Crippen LogP contribution in [0.4, 0.5) is 13.2 Å². The van der Waals surface area contributed by atoms with Crippen molar-refractivity contribution in [3.63, 3.8) is 0 Å². The van der Waals surface area contributed by atoms with Crippen molar-refractivity contribution in [1.82, 2.24) is 0 Å². The highest BCUT2D eigenvalue weighted by Gasteiger charge is 2.30. The minimum absolute atomic E-state index is 0.0634. The normalized spacial score (nSPS) is 11.0. The molecular formula is C17H21F3O5. The van der Waals surface area contributed by atoms with Gasteiger partial charge in [0.25, 0.3) is 0 Å². The lowest BCUT2D eigenvalue weighted by Gasteiger charge is -2.09. The molecule has 8 heteroatoms. The molecule has 0 saturated heterocycles. The first-order chi connectivity index (χ1) is 11.8. The van der Waals surface area contributed by atoms with E-state index >= 15 is 0 Å². The Morgan fingerprint density at radius 1 is 0.960 bits per heavy atom. The molecule has 1 rings (SSSR count). The number of rotatable bonds is 10. The topological polar surface area (TPSA) is 61.8 Å². The molecule has 0 heterocycles. The van der Waals surface area contributed by atoms with Gasteiger partial charge >= 0.3 is 18.3 Å². The van der Waals surface area contributed by atoms with E-state index in [1.54, 1.807) is 0 Å². The van der Waals surface area contributed by atoms with Crippen molar-refractivity contribution >= 4 is 11.9 Å². The molecule has 25 heavy (non-hydrogen) atoms. The molecular weight excluding hydrogens is 341 g/mol. The lowest BCUT2D eigenvalue weighted by molar-refractivity contribution is -0.274. The molecule has 0 amide bonds. The van der Waals surface area contributed by atoms with Gasteiger partial charge in [0.05, 0.1) is 6.61 Å². The van der Waals surface area contributed by atoms with E-state index in [9.17, 15) is 22.8 Å². The van der Waals surface area contributed by atoms with Crippen molar-refractivity contribution in [3.05, 3.63) is 29.8 Å². The van der Waals surface area contributed by atoms with Crippen LogP contribution in [0.3, 0.4) is 0 Å². The first kappa shape index (κ1) is 20.8. The van der Waals surface area contributed by atoms with Crippen LogP contribution < -0.4 is 4.74 Å². The maximum Gasteiger partial charge on any atom is 0.573 e. The van der Waals surface area contributed by atoms with Gasteiger partial charge in [0, 0.05) is 12.8 Å². The molecule has 5 nitrogen and oxygen atoms in total. The van der Waals surface area contributed by atoms with E-state index < -0.39 is 12.3 Å². The molecule has 140 valence electrons. The monoisotopic (exact) mass is 362 g/mol. The fraction of sp³-hybridized carbons (Fsp3) is 0.529. The number of halogens is 3. The number of ether oxygens (including phenoxy) is 3. The number of hydrogen-bond donors (Lipinski definition) is 0. The van der Waals surface area contributed by atoms with Gasteiger partial charge in [-0.25, -0.2) is 0 Å². The van der Waals surface area contributed by atoms with Gasteiger partial charge in [-0.3, -0.25) is 9.59 Å². The van der Waals surface area contributed by atoms with Gasteiger partial charge in [0.15, 0.2) is 0 Å². The Balaban J connectivity index is 2.22. The molecule has 0 bridgehead atoms. The Kier molecular flexibility index (Phi) is 8.80. The molecule has 0 saturated carbocycles. The standard InChI is InChI=1S/C17H21F3O5/c1-2-3-11-23-15(21)5-4-6-16(22)24-12-13-7-9-14(10-8-13)25-17(18,19)20/h7-10H,2-6,11-12H2,1H3. The molecule has 0 aliphatic heterocycles. The van der Waals surface area contributed by atoms with Crippen LogP contribution in [0.15, 0.2) is 24.3 Å². The third kappa shape index (κ3) is 10.3. The molecule has 0 fully saturated rings. The minimum Gasteiger partial charge on any atom is -0.466 e. The zero-order chi connectivity index (χ0) is 18.7. The lowest BCUT2D eigenvalue weighted by atomic mass is 10.2. The average Bonchev–Trinajstić information content (AvgIpc) is 2.53. The fourth-order valence-corrected chi connectivity index (χ4v) is 1.80. The van der Waals surface area contributed by atoms with Crippen LogP contribution in [0.1, 0.15) is 44.6 Å². The van der Waals surface area contributed by atoms with Crippen LogP contribution in [0.5, 0.6) is 5.75 Å². The van der Waals surface area contributed by atoms with Crippen molar-refractivity contribution < 1.29 is 37.0 Å². The predicted octanol–water partition coefficient (Wildman–Crippen LogP) is 4.14. The van der Waals surface area contributed by atoms with Gasteiger partial charge < -0.3 is 14.2 Å². The van der Waals surface area contributed by atoms with Gasteiger partial charge in [-0.15, -0.1) is 13.2 Å². The van der Waals surface area contributed by atoms with Crippen LogP contribution in [0.2, 0.25) is 0 Å². The summed E-state index contributed by atoms with van der Waals surface area (Å²) in [6, 6.07) is 5.03. The zero-order valence-electron chi connectivity index (χ0n) is 13.9. The Bertz CT molecular complexity index is 540. The summed E-state index contributed by atoms with van der Waals surface area (Å²) in [6.07, 6.45) is -2.47. The van der Waals surface area contributed by atoms with E-state index in [0.717, 1.165) is 25.0 Å². The van der Waals surface area contributed by atoms with Crippen molar-refractivity contribution in [3.8, 4) is 5.75 Å². The van der Waals surface area contributed by atoms with Crippen molar-refractivity contribution in [2.24, 2.45) is 0 Å². The number of benzene rings is 1. The highest BCUT2D eigenvalue weighted by molar-refractivity contribution is 5.72. The first-order valence-electron chi connectivity index (χ1n) is 7.96.